The van der Waals surface area contributed by atoms with Gasteiger partial charge in [0.1, 0.15) is 0 Å². The smallest absolute Gasteiger partial charge is 0.0732 e. The van der Waals surface area contributed by atoms with Crippen molar-refractivity contribution in [3.05, 3.63) is 0 Å². The molecule has 3 heteroatoms. The summed E-state index contributed by atoms with van der Waals surface area (Å²) >= 11 is 0. The van der Waals surface area contributed by atoms with Crippen LogP contribution in [-0.4, -0.2) is 47.0 Å². The highest BCUT2D eigenvalue weighted by molar-refractivity contribution is 4.96. The molecule has 0 saturated carbocycles. The summed E-state index contributed by atoms with van der Waals surface area (Å²) in [5.41, 5.74) is 0. The van der Waals surface area contributed by atoms with E-state index in [0.717, 1.165) is 19.5 Å². The van der Waals surface area contributed by atoms with Gasteiger partial charge in [0.05, 0.1) is 6.10 Å². The molecule has 3 nitrogen and oxygen atoms in total. The van der Waals surface area contributed by atoms with E-state index in [2.05, 4.69) is 4.90 Å². The van der Waals surface area contributed by atoms with E-state index in [1.54, 1.807) is 0 Å². The lowest BCUT2D eigenvalue weighted by atomic mass is 9.97. The Morgan fingerprint density at radius 1 is 1.45 bits per heavy atom. The number of hydrogen-bond donors (Lipinski definition) is 2. The summed E-state index contributed by atoms with van der Waals surface area (Å²) in [4.78, 5) is 2.30. The number of aliphatic hydroxyl groups is 2. The topological polar surface area (TPSA) is 43.7 Å². The van der Waals surface area contributed by atoms with Crippen LogP contribution in [0, 0.1) is 5.92 Å². The van der Waals surface area contributed by atoms with Crippen LogP contribution in [-0.2, 0) is 0 Å². The summed E-state index contributed by atoms with van der Waals surface area (Å²) in [5.74, 6) is 0.123. The van der Waals surface area contributed by atoms with E-state index >= 15 is 0 Å². The van der Waals surface area contributed by atoms with Crippen molar-refractivity contribution in [2.45, 2.75) is 25.0 Å². The maximum absolute atomic E-state index is 9.49. The number of aliphatic hydroxyl groups excluding tert-OH is 2. The van der Waals surface area contributed by atoms with Crippen LogP contribution < -0.4 is 0 Å². The van der Waals surface area contributed by atoms with Gasteiger partial charge in [0.15, 0.2) is 0 Å². The fourth-order valence-electron chi connectivity index (χ4n) is 2.44. The largest absolute Gasteiger partial charge is 0.396 e. The molecule has 2 fully saturated rings. The summed E-state index contributed by atoms with van der Waals surface area (Å²) in [6.07, 6.45) is 2.10. The molecule has 0 aromatic heterocycles. The number of hydrogen-bond acceptors (Lipinski definition) is 3. The van der Waals surface area contributed by atoms with E-state index in [0.29, 0.717) is 6.04 Å². The van der Waals surface area contributed by atoms with E-state index in [1.807, 2.05) is 0 Å². The van der Waals surface area contributed by atoms with Gasteiger partial charge in [-0.1, -0.05) is 0 Å². The summed E-state index contributed by atoms with van der Waals surface area (Å²) in [6.45, 7) is 2.02. The minimum atomic E-state index is -0.287. The van der Waals surface area contributed by atoms with Crippen LogP contribution in [0.1, 0.15) is 12.8 Å². The van der Waals surface area contributed by atoms with Gasteiger partial charge >= 0.3 is 0 Å². The zero-order chi connectivity index (χ0) is 7.84. The summed E-state index contributed by atoms with van der Waals surface area (Å²) in [7, 11) is 0. The molecule has 0 aromatic carbocycles. The summed E-state index contributed by atoms with van der Waals surface area (Å²) in [6, 6.07) is 0.468. The maximum atomic E-state index is 9.49. The Bertz CT molecular complexity index is 151. The first-order valence-electron chi connectivity index (χ1n) is 4.36. The third-order valence-electron chi connectivity index (χ3n) is 3.04. The van der Waals surface area contributed by atoms with Crippen LogP contribution in [0.5, 0.6) is 0 Å². The van der Waals surface area contributed by atoms with Gasteiger partial charge in [0.25, 0.3) is 0 Å². The van der Waals surface area contributed by atoms with E-state index in [-0.39, 0.29) is 18.6 Å². The summed E-state index contributed by atoms with van der Waals surface area (Å²) in [5, 5.41) is 18.5. The number of rotatable bonds is 1. The fraction of sp³-hybridized carbons (Fsp3) is 1.00. The quantitative estimate of drug-likeness (QED) is 0.536. The van der Waals surface area contributed by atoms with Gasteiger partial charge in [0, 0.05) is 25.1 Å². The molecule has 0 bridgehead atoms. The van der Waals surface area contributed by atoms with Crippen molar-refractivity contribution in [1.82, 2.24) is 4.90 Å². The van der Waals surface area contributed by atoms with Crippen molar-refractivity contribution in [2.24, 2.45) is 5.92 Å². The van der Waals surface area contributed by atoms with Gasteiger partial charge in [-0.25, -0.2) is 0 Å². The second-order valence-corrected chi connectivity index (χ2v) is 3.62. The zero-order valence-electron chi connectivity index (χ0n) is 6.61. The van der Waals surface area contributed by atoms with Crippen molar-refractivity contribution >= 4 is 0 Å². The Morgan fingerprint density at radius 2 is 2.27 bits per heavy atom. The monoisotopic (exact) mass is 157 g/mol. The average molecular weight is 157 g/mol. The molecule has 3 unspecified atom stereocenters. The average Bonchev–Trinajstić information content (AvgIpc) is 2.46. The Kier molecular flexibility index (Phi) is 1.87. The van der Waals surface area contributed by atoms with E-state index in [9.17, 15) is 5.11 Å². The van der Waals surface area contributed by atoms with Crippen molar-refractivity contribution < 1.29 is 10.2 Å². The second-order valence-electron chi connectivity index (χ2n) is 3.62. The number of nitrogens with zero attached hydrogens (tertiary/aromatic N) is 1. The molecule has 2 aliphatic rings. The molecule has 2 rings (SSSR count). The standard InChI is InChI=1S/C8H15NO2/c10-5-6-7-2-1-3-9(7)4-8(6)11/h6-8,10-11H,1-5H2. The molecule has 64 valence electrons. The molecule has 0 aliphatic carbocycles. The number of fused-ring (bicyclic) bond motifs is 1. The highest BCUT2D eigenvalue weighted by Gasteiger charge is 2.42. The second kappa shape index (κ2) is 2.73. The van der Waals surface area contributed by atoms with Crippen LogP contribution in [0.2, 0.25) is 0 Å². The molecule has 0 amide bonds. The molecule has 2 heterocycles. The van der Waals surface area contributed by atoms with Gasteiger partial charge < -0.3 is 10.2 Å². The molecule has 2 saturated heterocycles. The predicted octanol–water partition coefficient (Wildman–Crippen LogP) is -0.566. The first-order valence-corrected chi connectivity index (χ1v) is 4.36. The summed E-state index contributed by atoms with van der Waals surface area (Å²) < 4.78 is 0. The molecule has 2 N–H and O–H groups in total. The van der Waals surface area contributed by atoms with Gasteiger partial charge in [-0.15, -0.1) is 0 Å². The van der Waals surface area contributed by atoms with Crippen molar-refractivity contribution in [3.63, 3.8) is 0 Å². The predicted molar refractivity (Wildman–Crippen MR) is 41.2 cm³/mol. The SMILES string of the molecule is OCC1C(O)CN2CCCC12. The Morgan fingerprint density at radius 3 is 3.00 bits per heavy atom. The van der Waals surface area contributed by atoms with Crippen LogP contribution >= 0.6 is 0 Å². The first-order chi connectivity index (χ1) is 5.33. The maximum Gasteiger partial charge on any atom is 0.0732 e. The van der Waals surface area contributed by atoms with Crippen LogP contribution in [0.4, 0.5) is 0 Å². The zero-order valence-corrected chi connectivity index (χ0v) is 6.61. The lowest BCUT2D eigenvalue weighted by molar-refractivity contribution is 0.0903. The molecule has 0 spiro atoms. The van der Waals surface area contributed by atoms with Gasteiger partial charge in [0.2, 0.25) is 0 Å². The minimum absolute atomic E-state index is 0.123. The third-order valence-corrected chi connectivity index (χ3v) is 3.04. The van der Waals surface area contributed by atoms with Crippen LogP contribution in [0.25, 0.3) is 0 Å². The molecule has 0 radical (unpaired) electrons. The van der Waals surface area contributed by atoms with E-state index < -0.39 is 0 Å². The van der Waals surface area contributed by atoms with Crippen molar-refractivity contribution in [1.29, 1.82) is 0 Å². The van der Waals surface area contributed by atoms with Gasteiger partial charge in [-0.3, -0.25) is 4.90 Å². The Hall–Kier alpha value is -0.120. The lowest BCUT2D eigenvalue weighted by Crippen LogP contribution is -2.28. The molecular formula is C8H15NO2. The Labute approximate surface area is 66.6 Å². The molecule has 11 heavy (non-hydrogen) atoms. The van der Waals surface area contributed by atoms with E-state index in [1.165, 1.54) is 6.42 Å². The van der Waals surface area contributed by atoms with Crippen molar-refractivity contribution in [2.75, 3.05) is 19.7 Å². The normalized spacial score (nSPS) is 44.7. The first kappa shape index (κ1) is 7.53. The lowest BCUT2D eigenvalue weighted by Gasteiger charge is -2.18. The molecule has 3 atom stereocenters. The van der Waals surface area contributed by atoms with E-state index in [4.69, 9.17) is 5.11 Å². The molecular weight excluding hydrogens is 142 g/mol. The third kappa shape index (κ3) is 1.08. The highest BCUT2D eigenvalue weighted by atomic mass is 16.3. The molecule has 0 aromatic rings. The van der Waals surface area contributed by atoms with Gasteiger partial charge in [-0.05, 0) is 19.4 Å². The Balaban J connectivity index is 2.07. The fourth-order valence-corrected chi connectivity index (χ4v) is 2.44. The molecule has 2 aliphatic heterocycles. The van der Waals surface area contributed by atoms with Crippen LogP contribution in [0.15, 0.2) is 0 Å². The minimum Gasteiger partial charge on any atom is -0.396 e. The van der Waals surface area contributed by atoms with Crippen molar-refractivity contribution in [3.8, 4) is 0 Å². The highest BCUT2D eigenvalue weighted by Crippen LogP contribution is 2.32. The van der Waals surface area contributed by atoms with Crippen LogP contribution in [0.3, 0.4) is 0 Å². The van der Waals surface area contributed by atoms with Gasteiger partial charge in [-0.2, -0.15) is 0 Å².